The predicted octanol–water partition coefficient (Wildman–Crippen LogP) is 8.74. The van der Waals surface area contributed by atoms with E-state index >= 15 is 0 Å². The first kappa shape index (κ1) is 31.9. The number of ether oxygens (including phenoxy) is 2. The summed E-state index contributed by atoms with van der Waals surface area (Å²) in [6.07, 6.45) is -3.38. The molecule has 11 heteroatoms. The molecule has 226 valence electrons. The molecule has 4 aromatic rings. The molecule has 0 saturated carbocycles. The Labute approximate surface area is 250 Å². The van der Waals surface area contributed by atoms with Gasteiger partial charge in [0.2, 0.25) is 0 Å². The van der Waals surface area contributed by atoms with E-state index in [2.05, 4.69) is 10.3 Å². The van der Waals surface area contributed by atoms with Crippen LogP contribution in [0.3, 0.4) is 0 Å². The zero-order chi connectivity index (χ0) is 29.7. The monoisotopic (exact) mass is 620 g/mol. The molecule has 0 spiro atoms. The van der Waals surface area contributed by atoms with Crippen molar-refractivity contribution < 1.29 is 35.8 Å². The van der Waals surface area contributed by atoms with Gasteiger partial charge in [0.25, 0.3) is 0 Å². The zero-order valence-corrected chi connectivity index (χ0v) is 23.5. The fraction of sp³-hybridized carbons (Fsp3) is 0.219. The maximum atomic E-state index is 13.6. The van der Waals surface area contributed by atoms with Crippen LogP contribution in [0, 0.1) is 0 Å². The molecule has 0 bridgehead atoms. The molecule has 5 rings (SSSR count). The molecule has 1 aliphatic heterocycles. The molecule has 1 N–H and O–H groups in total. The van der Waals surface area contributed by atoms with E-state index in [-0.39, 0.29) is 37.1 Å². The average Bonchev–Trinajstić information content (AvgIpc) is 2.99. The van der Waals surface area contributed by atoms with Crippen molar-refractivity contribution in [3.05, 3.63) is 119 Å². The Morgan fingerprint density at radius 3 is 1.72 bits per heavy atom. The number of hydrogen-bond donors (Lipinski definition) is 1. The minimum atomic E-state index is -4.59. The van der Waals surface area contributed by atoms with Crippen LogP contribution in [0.2, 0.25) is 0 Å². The topological polar surface area (TPSA) is 43.4 Å². The van der Waals surface area contributed by atoms with E-state index in [1.165, 1.54) is 36.4 Å². The third-order valence-electron chi connectivity index (χ3n) is 6.88. The summed E-state index contributed by atoms with van der Waals surface area (Å²) in [6, 6.07) is 17.1. The second kappa shape index (κ2) is 13.5. The van der Waals surface area contributed by atoms with E-state index in [9.17, 15) is 26.3 Å². The van der Waals surface area contributed by atoms with Crippen molar-refractivity contribution in [1.82, 2.24) is 10.3 Å². The molecule has 1 aromatic heterocycles. The molecule has 4 nitrogen and oxygen atoms in total. The summed E-state index contributed by atoms with van der Waals surface area (Å²) in [6.45, 7) is 0.952. The summed E-state index contributed by atoms with van der Waals surface area (Å²) in [4.78, 5) is 4.05. The summed E-state index contributed by atoms with van der Waals surface area (Å²) in [5.74, 6) is -0.596. The van der Waals surface area contributed by atoms with E-state index in [1.807, 2.05) is 12.1 Å². The maximum absolute atomic E-state index is 13.6. The van der Waals surface area contributed by atoms with Gasteiger partial charge < -0.3 is 14.8 Å². The molecule has 0 unspecified atom stereocenters. The van der Waals surface area contributed by atoms with Crippen LogP contribution in [0.25, 0.3) is 16.7 Å². The van der Waals surface area contributed by atoms with E-state index in [4.69, 9.17) is 9.47 Å². The molecule has 0 aliphatic carbocycles. The first-order chi connectivity index (χ1) is 20.1. The lowest BCUT2D eigenvalue weighted by molar-refractivity contribution is -0.139. The fourth-order valence-corrected chi connectivity index (χ4v) is 4.86. The number of nitrogens with one attached hydrogen (secondary N) is 1. The van der Waals surface area contributed by atoms with Gasteiger partial charge in [0.1, 0.15) is 24.7 Å². The van der Waals surface area contributed by atoms with E-state index in [0.717, 1.165) is 28.8 Å². The Bertz CT molecular complexity index is 1570. The van der Waals surface area contributed by atoms with Crippen LogP contribution >= 0.6 is 12.4 Å². The quantitative estimate of drug-likeness (QED) is 0.200. The Morgan fingerprint density at radius 2 is 1.21 bits per heavy atom. The number of rotatable bonds is 8. The summed E-state index contributed by atoms with van der Waals surface area (Å²) in [5, 5.41) is 3.23. The fourth-order valence-electron chi connectivity index (χ4n) is 4.86. The Morgan fingerprint density at radius 1 is 0.698 bits per heavy atom. The third kappa shape index (κ3) is 7.69. The number of alkyl halides is 6. The van der Waals surface area contributed by atoms with Gasteiger partial charge in [0, 0.05) is 18.9 Å². The van der Waals surface area contributed by atoms with Gasteiger partial charge in [-0.25, -0.2) is 0 Å². The van der Waals surface area contributed by atoms with Crippen LogP contribution in [0.5, 0.6) is 11.5 Å². The standard InChI is InChI=1S/C32H26F6N2O2.ClH/c33-31(34,35)27-5-1-3-7-29(27)41-19-23-17-26(22-11-15-40-16-12-22)24(18-25(23)21-9-13-39-14-10-21)20-42-30-8-4-2-6-28(30)32(36,37)38;/h1-11,13-14,17-18,40H,12,15-16,19-20H2;1H. The van der Waals surface area contributed by atoms with Gasteiger partial charge in [0.05, 0.1) is 11.1 Å². The van der Waals surface area contributed by atoms with E-state index in [0.29, 0.717) is 36.2 Å². The van der Waals surface area contributed by atoms with Crippen molar-refractivity contribution in [2.24, 2.45) is 0 Å². The highest BCUT2D eigenvalue weighted by atomic mass is 35.5. The van der Waals surface area contributed by atoms with Crippen molar-refractivity contribution in [2.45, 2.75) is 32.0 Å². The summed E-state index contributed by atoms with van der Waals surface area (Å²) >= 11 is 0. The number of pyridine rings is 1. The molecule has 0 fully saturated rings. The van der Waals surface area contributed by atoms with E-state index in [1.54, 1.807) is 30.6 Å². The van der Waals surface area contributed by atoms with Crippen molar-refractivity contribution in [2.75, 3.05) is 13.1 Å². The van der Waals surface area contributed by atoms with Gasteiger partial charge in [0.15, 0.2) is 0 Å². The molecule has 43 heavy (non-hydrogen) atoms. The summed E-state index contributed by atoms with van der Waals surface area (Å²) in [7, 11) is 0. The van der Waals surface area contributed by atoms with Crippen LogP contribution in [0.15, 0.2) is 91.3 Å². The van der Waals surface area contributed by atoms with E-state index < -0.39 is 23.5 Å². The number of aromatic nitrogens is 1. The van der Waals surface area contributed by atoms with Gasteiger partial charge in [-0.05, 0) is 94.9 Å². The largest absolute Gasteiger partial charge is 0.488 e. The van der Waals surface area contributed by atoms with Crippen LogP contribution < -0.4 is 14.8 Å². The Kier molecular flexibility index (Phi) is 10.0. The second-order valence-electron chi connectivity index (χ2n) is 9.65. The highest BCUT2D eigenvalue weighted by Gasteiger charge is 2.35. The SMILES string of the molecule is Cl.FC(F)(F)c1ccccc1OCc1cc(-c2ccncc2)c(COc2ccccc2C(F)(F)F)cc1C1=CCNCC1. The highest BCUT2D eigenvalue weighted by Crippen LogP contribution is 2.39. The van der Waals surface area contributed by atoms with Gasteiger partial charge in [-0.1, -0.05) is 30.3 Å². The zero-order valence-electron chi connectivity index (χ0n) is 22.6. The van der Waals surface area contributed by atoms with Crippen LogP contribution in [0.1, 0.15) is 34.2 Å². The Balaban J connectivity index is 0.00000423. The van der Waals surface area contributed by atoms with Gasteiger partial charge in [-0.15, -0.1) is 12.4 Å². The molecular formula is C32H27ClF6N2O2. The molecular weight excluding hydrogens is 594 g/mol. The molecule has 0 amide bonds. The minimum Gasteiger partial charge on any atom is -0.488 e. The number of benzene rings is 3. The lowest BCUT2D eigenvalue weighted by Gasteiger charge is -2.22. The number of hydrogen-bond acceptors (Lipinski definition) is 4. The van der Waals surface area contributed by atoms with Crippen molar-refractivity contribution in [3.63, 3.8) is 0 Å². The molecule has 2 heterocycles. The lowest BCUT2D eigenvalue weighted by atomic mass is 9.89. The molecule has 3 aromatic carbocycles. The third-order valence-corrected chi connectivity index (χ3v) is 6.88. The summed E-state index contributed by atoms with van der Waals surface area (Å²) < 4.78 is 93.2. The second-order valence-corrected chi connectivity index (χ2v) is 9.65. The smallest absolute Gasteiger partial charge is 0.419 e. The predicted molar refractivity (Wildman–Crippen MR) is 154 cm³/mol. The van der Waals surface area contributed by atoms with Crippen LogP contribution in [-0.4, -0.2) is 18.1 Å². The first-order valence-electron chi connectivity index (χ1n) is 13.2. The average molecular weight is 621 g/mol. The highest BCUT2D eigenvalue weighted by molar-refractivity contribution is 5.85. The maximum Gasteiger partial charge on any atom is 0.419 e. The molecule has 0 radical (unpaired) electrons. The van der Waals surface area contributed by atoms with Crippen molar-refractivity contribution in [1.29, 1.82) is 0 Å². The number of nitrogens with zero attached hydrogens (tertiary/aromatic N) is 1. The van der Waals surface area contributed by atoms with Crippen LogP contribution in [0.4, 0.5) is 26.3 Å². The van der Waals surface area contributed by atoms with Crippen molar-refractivity contribution in [3.8, 4) is 22.6 Å². The summed E-state index contributed by atoms with van der Waals surface area (Å²) in [5.41, 5.74) is 2.52. The number of halogens is 7. The normalized spacial score (nSPS) is 13.6. The minimum absolute atomic E-state index is 0. The Hall–Kier alpha value is -4.02. The first-order valence-corrected chi connectivity index (χ1v) is 13.2. The van der Waals surface area contributed by atoms with Crippen molar-refractivity contribution >= 4 is 18.0 Å². The number of para-hydroxylation sites is 2. The van der Waals surface area contributed by atoms with Gasteiger partial charge in [-0.2, -0.15) is 26.3 Å². The molecule has 1 aliphatic rings. The van der Waals surface area contributed by atoms with Crippen LogP contribution in [-0.2, 0) is 25.6 Å². The van der Waals surface area contributed by atoms with Gasteiger partial charge >= 0.3 is 12.4 Å². The lowest BCUT2D eigenvalue weighted by Crippen LogP contribution is -2.20. The molecule has 0 atom stereocenters. The molecule has 0 saturated heterocycles. The van der Waals surface area contributed by atoms with Gasteiger partial charge in [-0.3, -0.25) is 4.98 Å².